The number of imidazole rings is 1. The van der Waals surface area contributed by atoms with Crippen LogP contribution < -0.4 is 16.6 Å². The number of hydrogen-bond acceptors (Lipinski definition) is 9. The van der Waals surface area contributed by atoms with Gasteiger partial charge in [0, 0.05) is 19.0 Å². The summed E-state index contributed by atoms with van der Waals surface area (Å²) in [6.45, 7) is -0.442. The van der Waals surface area contributed by atoms with Crippen LogP contribution in [0.3, 0.4) is 0 Å². The lowest BCUT2D eigenvalue weighted by Crippen LogP contribution is -2.43. The minimum Gasteiger partial charge on any atom is -0.468 e. The molecule has 40 heavy (non-hydrogen) atoms. The number of rotatable bonds is 9. The fourth-order valence-corrected chi connectivity index (χ4v) is 4.79. The lowest BCUT2D eigenvalue weighted by molar-refractivity contribution is -0.147. The van der Waals surface area contributed by atoms with Crippen molar-refractivity contribution in [3.05, 3.63) is 76.3 Å². The summed E-state index contributed by atoms with van der Waals surface area (Å²) >= 11 is 0. The molecule has 2 aromatic heterocycles. The van der Waals surface area contributed by atoms with Crippen molar-refractivity contribution in [3.8, 4) is 11.1 Å². The summed E-state index contributed by atoms with van der Waals surface area (Å²) in [4.78, 5) is 61.1. The van der Waals surface area contributed by atoms with Crippen LogP contribution in [0, 0.1) is 0 Å². The second kappa shape index (κ2) is 11.3. The Morgan fingerprint density at radius 2 is 1.77 bits per heavy atom. The highest BCUT2D eigenvalue weighted by Gasteiger charge is 2.29. The molecule has 2 amide bonds. The Morgan fingerprint density at radius 3 is 2.45 bits per heavy atom. The first-order valence-electron chi connectivity index (χ1n) is 12.5. The van der Waals surface area contributed by atoms with E-state index in [9.17, 15) is 19.2 Å². The second-order valence-corrected chi connectivity index (χ2v) is 9.14. The molecular formula is C27H27N7O6. The van der Waals surface area contributed by atoms with Crippen molar-refractivity contribution >= 4 is 35.1 Å². The molecule has 13 heteroatoms. The maximum Gasteiger partial charge on any atom is 0.407 e. The van der Waals surface area contributed by atoms with E-state index in [2.05, 4.69) is 32.4 Å². The number of hydrogen-bond donors (Lipinski definition) is 3. The SMILES string of the molecule is COC(=O)CN(CCNC(=O)OCC1c2ccccc2-c2ccccc21)C(=O)Cn1cnc2c(=O)[nH]c(N)nc21. The molecule has 4 N–H and O–H groups in total. The fourth-order valence-electron chi connectivity index (χ4n) is 4.79. The highest BCUT2D eigenvalue weighted by Crippen LogP contribution is 2.44. The van der Waals surface area contributed by atoms with Gasteiger partial charge < -0.3 is 30.0 Å². The van der Waals surface area contributed by atoms with Gasteiger partial charge in [0.1, 0.15) is 19.7 Å². The molecule has 1 aliphatic carbocycles. The molecule has 0 saturated heterocycles. The molecule has 0 aliphatic heterocycles. The molecule has 4 aromatic rings. The van der Waals surface area contributed by atoms with Gasteiger partial charge in [0.2, 0.25) is 11.9 Å². The van der Waals surface area contributed by atoms with Crippen LogP contribution in [0.2, 0.25) is 0 Å². The van der Waals surface area contributed by atoms with Crippen molar-refractivity contribution < 1.29 is 23.9 Å². The van der Waals surface area contributed by atoms with E-state index in [0.717, 1.165) is 22.3 Å². The number of anilines is 1. The minimum atomic E-state index is -0.646. The summed E-state index contributed by atoms with van der Waals surface area (Å²) in [5, 5.41) is 2.63. The first-order valence-corrected chi connectivity index (χ1v) is 12.5. The number of methoxy groups -OCH3 is 1. The highest BCUT2D eigenvalue weighted by atomic mass is 16.5. The number of carbonyl (C=O) groups excluding carboxylic acids is 3. The van der Waals surface area contributed by atoms with E-state index >= 15 is 0 Å². The van der Waals surface area contributed by atoms with Crippen molar-refractivity contribution in [2.75, 3.05) is 39.1 Å². The fraction of sp³-hybridized carbons (Fsp3) is 0.259. The quantitative estimate of drug-likeness (QED) is 0.261. The molecule has 0 saturated carbocycles. The number of esters is 1. The highest BCUT2D eigenvalue weighted by molar-refractivity contribution is 5.83. The van der Waals surface area contributed by atoms with Crippen molar-refractivity contribution in [2.45, 2.75) is 12.5 Å². The zero-order valence-electron chi connectivity index (χ0n) is 21.6. The minimum absolute atomic E-state index is 0.000902. The summed E-state index contributed by atoms with van der Waals surface area (Å²) < 4.78 is 11.6. The topological polar surface area (TPSA) is 175 Å². The number of nitrogens with one attached hydrogen (secondary N) is 2. The van der Waals surface area contributed by atoms with Gasteiger partial charge in [0.15, 0.2) is 11.2 Å². The van der Waals surface area contributed by atoms with E-state index < -0.39 is 23.5 Å². The Hall–Kier alpha value is -5.20. The number of nitrogen functional groups attached to an aromatic ring is 1. The van der Waals surface area contributed by atoms with E-state index in [0.29, 0.717) is 0 Å². The lowest BCUT2D eigenvalue weighted by Gasteiger charge is -2.22. The van der Waals surface area contributed by atoms with Crippen LogP contribution in [0.1, 0.15) is 17.0 Å². The van der Waals surface area contributed by atoms with Crippen LogP contribution >= 0.6 is 0 Å². The number of alkyl carbamates (subject to hydrolysis) is 1. The standard InChI is InChI=1S/C27H27N7O6/c1-39-22(36)13-33(21(35)12-34-15-30-23-24(34)31-26(28)32-25(23)37)11-10-29-27(38)40-14-20-18-8-4-2-6-16(18)17-7-3-5-9-19(17)20/h2-9,15,20H,10-14H2,1H3,(H,29,38)(H3,28,31,32,37). The number of nitrogens with zero attached hydrogens (tertiary/aromatic N) is 4. The Kier molecular flexibility index (Phi) is 7.44. The molecule has 0 unspecified atom stereocenters. The Balaban J connectivity index is 1.19. The van der Waals surface area contributed by atoms with E-state index in [1.807, 2.05) is 36.4 Å². The number of aromatic amines is 1. The molecule has 0 bridgehead atoms. The molecule has 0 radical (unpaired) electrons. The summed E-state index contributed by atoms with van der Waals surface area (Å²) in [6.07, 6.45) is 0.641. The molecule has 13 nitrogen and oxygen atoms in total. The largest absolute Gasteiger partial charge is 0.468 e. The van der Waals surface area contributed by atoms with Gasteiger partial charge in [-0.25, -0.2) is 9.78 Å². The summed E-state index contributed by atoms with van der Waals surface area (Å²) in [5.74, 6) is -1.33. The normalized spacial score (nSPS) is 12.0. The molecule has 206 valence electrons. The first-order chi connectivity index (χ1) is 19.4. The summed E-state index contributed by atoms with van der Waals surface area (Å²) in [6, 6.07) is 16.0. The van der Waals surface area contributed by atoms with Crippen LogP contribution in [0.5, 0.6) is 0 Å². The Morgan fingerprint density at radius 1 is 1.10 bits per heavy atom. The number of carbonyl (C=O) groups is 3. The molecule has 0 fully saturated rings. The molecule has 2 heterocycles. The molecule has 1 aliphatic rings. The number of amides is 2. The predicted molar refractivity (Wildman–Crippen MR) is 144 cm³/mol. The average molecular weight is 546 g/mol. The Bertz CT molecular complexity index is 1600. The van der Waals surface area contributed by atoms with Crippen molar-refractivity contribution in [2.24, 2.45) is 0 Å². The third kappa shape index (κ3) is 5.34. The van der Waals surface area contributed by atoms with Crippen molar-refractivity contribution in [1.82, 2.24) is 29.7 Å². The number of H-pyrrole nitrogens is 1. The van der Waals surface area contributed by atoms with Gasteiger partial charge >= 0.3 is 12.1 Å². The maximum atomic E-state index is 13.1. The van der Waals surface area contributed by atoms with Gasteiger partial charge in [-0.2, -0.15) is 4.98 Å². The van der Waals surface area contributed by atoms with E-state index in [1.54, 1.807) is 0 Å². The van der Waals surface area contributed by atoms with Crippen molar-refractivity contribution in [1.29, 1.82) is 0 Å². The van der Waals surface area contributed by atoms with Gasteiger partial charge in [0.05, 0.1) is 13.4 Å². The first kappa shape index (κ1) is 26.4. The number of ether oxygens (including phenoxy) is 2. The van der Waals surface area contributed by atoms with Crippen LogP contribution in [0.15, 0.2) is 59.7 Å². The zero-order chi connectivity index (χ0) is 28.2. The van der Waals surface area contributed by atoms with Crippen molar-refractivity contribution in [3.63, 3.8) is 0 Å². The van der Waals surface area contributed by atoms with Crippen LogP contribution in [-0.4, -0.2) is 75.7 Å². The van der Waals surface area contributed by atoms with Gasteiger partial charge in [-0.15, -0.1) is 0 Å². The number of nitrogens with two attached hydrogens (primary N) is 1. The zero-order valence-corrected chi connectivity index (χ0v) is 21.6. The summed E-state index contributed by atoms with van der Waals surface area (Å²) in [7, 11) is 1.21. The average Bonchev–Trinajstić information content (AvgIpc) is 3.50. The lowest BCUT2D eigenvalue weighted by atomic mass is 9.98. The van der Waals surface area contributed by atoms with E-state index in [4.69, 9.17) is 15.2 Å². The number of aromatic nitrogens is 4. The number of fused-ring (bicyclic) bond motifs is 4. The molecular weight excluding hydrogens is 518 g/mol. The van der Waals surface area contributed by atoms with Crippen LogP contribution in [0.4, 0.5) is 10.7 Å². The van der Waals surface area contributed by atoms with Gasteiger partial charge in [-0.3, -0.25) is 19.4 Å². The van der Waals surface area contributed by atoms with Gasteiger partial charge in [-0.05, 0) is 22.3 Å². The Labute approximate surface area is 227 Å². The second-order valence-electron chi connectivity index (χ2n) is 9.14. The summed E-state index contributed by atoms with van der Waals surface area (Å²) in [5.41, 5.74) is 9.67. The third-order valence-corrected chi connectivity index (χ3v) is 6.69. The number of benzene rings is 2. The van der Waals surface area contributed by atoms with Crippen LogP contribution in [-0.2, 0) is 25.6 Å². The van der Waals surface area contributed by atoms with E-state index in [-0.39, 0.29) is 55.8 Å². The van der Waals surface area contributed by atoms with Gasteiger partial charge in [-0.1, -0.05) is 48.5 Å². The smallest absolute Gasteiger partial charge is 0.407 e. The molecule has 0 spiro atoms. The van der Waals surface area contributed by atoms with E-state index in [1.165, 1.54) is 22.9 Å². The molecule has 5 rings (SSSR count). The monoisotopic (exact) mass is 545 g/mol. The molecule has 2 aromatic carbocycles. The molecule has 0 atom stereocenters. The van der Waals surface area contributed by atoms with Crippen LogP contribution in [0.25, 0.3) is 22.3 Å². The maximum absolute atomic E-state index is 13.1. The van der Waals surface area contributed by atoms with Gasteiger partial charge in [0.25, 0.3) is 5.56 Å². The predicted octanol–water partition coefficient (Wildman–Crippen LogP) is 1.24. The third-order valence-electron chi connectivity index (χ3n) is 6.69.